The van der Waals surface area contributed by atoms with Gasteiger partial charge in [-0.3, -0.25) is 4.99 Å². The van der Waals surface area contributed by atoms with Gasteiger partial charge in [-0.1, -0.05) is 48.0 Å². The van der Waals surface area contributed by atoms with Gasteiger partial charge >= 0.3 is 0 Å². The fourth-order valence-electron chi connectivity index (χ4n) is 3.08. The van der Waals surface area contributed by atoms with Gasteiger partial charge in [0.25, 0.3) is 0 Å². The van der Waals surface area contributed by atoms with Crippen LogP contribution in [0.4, 0.5) is 0 Å². The summed E-state index contributed by atoms with van der Waals surface area (Å²) in [5.41, 5.74) is 2.20. The highest BCUT2D eigenvalue weighted by Gasteiger charge is 2.13. The van der Waals surface area contributed by atoms with E-state index in [9.17, 15) is 5.11 Å². The first kappa shape index (κ1) is 23.2. The van der Waals surface area contributed by atoms with E-state index in [0.717, 1.165) is 21.6 Å². The van der Waals surface area contributed by atoms with E-state index in [1.807, 2.05) is 42.5 Å². The zero-order valence-corrected chi connectivity index (χ0v) is 20.5. The van der Waals surface area contributed by atoms with Crippen LogP contribution in [0, 0.1) is 6.92 Å². The summed E-state index contributed by atoms with van der Waals surface area (Å²) in [4.78, 5) is 9.46. The molecule has 0 saturated heterocycles. The Hall–Kier alpha value is -2.43. The minimum absolute atomic E-state index is 0. The Morgan fingerprint density at radius 2 is 1.94 bits per heavy atom. The molecule has 0 aliphatic rings. The van der Waals surface area contributed by atoms with E-state index >= 15 is 0 Å². The normalized spacial score (nSPS) is 12.4. The van der Waals surface area contributed by atoms with Gasteiger partial charge < -0.3 is 20.2 Å². The maximum absolute atomic E-state index is 10.5. The maximum atomic E-state index is 10.5. The summed E-state index contributed by atoms with van der Waals surface area (Å²) in [7, 11) is 1.69. The molecule has 0 aliphatic heterocycles. The maximum Gasteiger partial charge on any atom is 0.214 e. The van der Waals surface area contributed by atoms with Gasteiger partial charge in [-0.2, -0.15) is 0 Å². The number of aliphatic imine (C=N–C) groups is 1. The van der Waals surface area contributed by atoms with E-state index in [2.05, 4.69) is 39.7 Å². The van der Waals surface area contributed by atoms with Crippen molar-refractivity contribution in [2.75, 3.05) is 13.6 Å². The summed E-state index contributed by atoms with van der Waals surface area (Å²) in [6.07, 6.45) is 1.11. The van der Waals surface area contributed by atoms with E-state index in [-0.39, 0.29) is 24.0 Å². The number of aryl methyl sites for hydroxylation is 1. The summed E-state index contributed by atoms with van der Waals surface area (Å²) < 4.78 is 7.00. The molecule has 1 unspecified atom stereocenters. The lowest BCUT2D eigenvalue weighted by Crippen LogP contribution is -2.38. The summed E-state index contributed by atoms with van der Waals surface area (Å²) >= 11 is 1.60. The highest BCUT2D eigenvalue weighted by Crippen LogP contribution is 2.29. The molecule has 4 rings (SSSR count). The first-order valence-electron chi connectivity index (χ1n) is 9.75. The predicted molar refractivity (Wildman–Crippen MR) is 137 cm³/mol. The van der Waals surface area contributed by atoms with Crippen molar-refractivity contribution in [1.29, 1.82) is 0 Å². The van der Waals surface area contributed by atoms with Crippen LogP contribution >= 0.6 is 35.3 Å². The molecule has 0 fully saturated rings. The number of benzene rings is 2. The number of nitrogens with zero attached hydrogens (tertiary/aromatic N) is 2. The number of nitrogens with one attached hydrogen (secondary N) is 2. The monoisotopic (exact) mass is 548 g/mol. The predicted octanol–water partition coefficient (Wildman–Crippen LogP) is 4.88. The van der Waals surface area contributed by atoms with E-state index in [4.69, 9.17) is 4.42 Å². The molecule has 0 spiro atoms. The van der Waals surface area contributed by atoms with Crippen molar-refractivity contribution in [3.8, 4) is 11.3 Å². The fraction of sp³-hybridized carbons (Fsp3) is 0.217. The highest BCUT2D eigenvalue weighted by molar-refractivity contribution is 14.0. The van der Waals surface area contributed by atoms with Gasteiger partial charge in [0.15, 0.2) is 11.7 Å². The molecule has 8 heteroatoms. The first-order chi connectivity index (χ1) is 14.6. The average Bonchev–Trinajstić information content (AvgIpc) is 3.41. The second-order valence-corrected chi connectivity index (χ2v) is 8.11. The van der Waals surface area contributed by atoms with Crippen LogP contribution in [0.25, 0.3) is 21.4 Å². The Balaban J connectivity index is 0.00000272. The largest absolute Gasteiger partial charge is 0.439 e. The fourth-order valence-corrected chi connectivity index (χ4v) is 4.13. The van der Waals surface area contributed by atoms with Crippen LogP contribution in [0.15, 0.2) is 70.2 Å². The minimum Gasteiger partial charge on any atom is -0.439 e. The second-order valence-electron chi connectivity index (χ2n) is 6.99. The number of guanidine groups is 1. The molecule has 0 aliphatic carbocycles. The molecule has 1 atom stereocenters. The first-order valence-corrected chi connectivity index (χ1v) is 10.6. The Kier molecular flexibility index (Phi) is 8.05. The molecule has 0 amide bonds. The van der Waals surface area contributed by atoms with E-state index < -0.39 is 6.10 Å². The molecular formula is C23H25IN4O2S. The minimum atomic E-state index is -0.615. The van der Waals surface area contributed by atoms with Crippen molar-refractivity contribution >= 4 is 51.4 Å². The van der Waals surface area contributed by atoms with Crippen LogP contribution in [0.3, 0.4) is 0 Å². The van der Waals surface area contributed by atoms with Gasteiger partial charge in [0.2, 0.25) is 5.89 Å². The smallest absolute Gasteiger partial charge is 0.214 e. The third kappa shape index (κ3) is 5.84. The number of fused-ring (bicyclic) bond motifs is 1. The van der Waals surface area contributed by atoms with Crippen molar-refractivity contribution in [3.05, 3.63) is 77.1 Å². The van der Waals surface area contributed by atoms with Crippen molar-refractivity contribution in [2.24, 2.45) is 4.99 Å². The standard InChI is InChI=1S/C23H24N4O2S.HI/c1-15-7-9-16(10-8-15)19-13-25-22(29-19)14-27-23(24-2)26-12-18(28)21-11-17-5-3-4-6-20(17)30-21;/h3-11,13,18,28H,12,14H2,1-2H3,(H2,24,26,27);1H. The molecule has 4 aromatic rings. The van der Waals surface area contributed by atoms with Crippen molar-refractivity contribution < 1.29 is 9.52 Å². The molecule has 162 valence electrons. The highest BCUT2D eigenvalue weighted by atomic mass is 127. The zero-order chi connectivity index (χ0) is 20.9. The van der Waals surface area contributed by atoms with Crippen LogP contribution < -0.4 is 10.6 Å². The summed E-state index contributed by atoms with van der Waals surface area (Å²) in [5, 5.41) is 18.0. The van der Waals surface area contributed by atoms with Crippen LogP contribution in [0.5, 0.6) is 0 Å². The molecule has 6 nitrogen and oxygen atoms in total. The molecular weight excluding hydrogens is 523 g/mol. The molecule has 2 aromatic carbocycles. The van der Waals surface area contributed by atoms with Gasteiger partial charge in [-0.15, -0.1) is 35.3 Å². The molecule has 2 aromatic heterocycles. The number of aliphatic hydroxyl groups is 1. The number of rotatable bonds is 6. The van der Waals surface area contributed by atoms with E-state index in [0.29, 0.717) is 24.9 Å². The van der Waals surface area contributed by atoms with Crippen LogP contribution in [-0.2, 0) is 6.54 Å². The molecule has 0 radical (unpaired) electrons. The zero-order valence-electron chi connectivity index (χ0n) is 17.3. The molecule has 31 heavy (non-hydrogen) atoms. The summed E-state index contributed by atoms with van der Waals surface area (Å²) in [6, 6.07) is 18.3. The average molecular weight is 548 g/mol. The molecule has 3 N–H and O–H groups in total. The van der Waals surface area contributed by atoms with Gasteiger partial charge in [-0.25, -0.2) is 4.98 Å². The van der Waals surface area contributed by atoms with Crippen molar-refractivity contribution in [2.45, 2.75) is 19.6 Å². The van der Waals surface area contributed by atoms with E-state index in [1.165, 1.54) is 10.3 Å². The number of hydrogen-bond donors (Lipinski definition) is 3. The van der Waals surface area contributed by atoms with Crippen LogP contribution in [-0.4, -0.2) is 29.6 Å². The summed E-state index contributed by atoms with van der Waals surface area (Å²) in [6.45, 7) is 2.80. The summed E-state index contributed by atoms with van der Waals surface area (Å²) in [5.74, 6) is 1.87. The second kappa shape index (κ2) is 10.7. The number of hydrogen-bond acceptors (Lipinski definition) is 5. The van der Waals surface area contributed by atoms with Gasteiger partial charge in [0.1, 0.15) is 6.10 Å². The molecule has 2 heterocycles. The molecule has 0 bridgehead atoms. The number of thiophene rings is 1. The van der Waals surface area contributed by atoms with Gasteiger partial charge in [0.05, 0.1) is 12.7 Å². The lowest BCUT2D eigenvalue weighted by Gasteiger charge is -2.13. The third-order valence-corrected chi connectivity index (χ3v) is 5.97. The number of aliphatic hydroxyl groups excluding tert-OH is 1. The lowest BCUT2D eigenvalue weighted by molar-refractivity contribution is 0.184. The van der Waals surface area contributed by atoms with E-state index in [1.54, 1.807) is 24.6 Å². The van der Waals surface area contributed by atoms with Crippen molar-refractivity contribution in [3.63, 3.8) is 0 Å². The number of aromatic nitrogens is 1. The quantitative estimate of drug-likeness (QED) is 0.182. The Morgan fingerprint density at radius 1 is 1.16 bits per heavy atom. The lowest BCUT2D eigenvalue weighted by atomic mass is 10.1. The number of halogens is 1. The third-order valence-electron chi connectivity index (χ3n) is 4.76. The topological polar surface area (TPSA) is 82.7 Å². The van der Waals surface area contributed by atoms with Crippen LogP contribution in [0.2, 0.25) is 0 Å². The Morgan fingerprint density at radius 3 is 2.68 bits per heavy atom. The Labute approximate surface area is 202 Å². The van der Waals surface area contributed by atoms with Gasteiger partial charge in [-0.05, 0) is 24.4 Å². The molecule has 0 saturated carbocycles. The Bertz CT molecular complexity index is 1120. The number of oxazole rings is 1. The van der Waals surface area contributed by atoms with Crippen molar-refractivity contribution in [1.82, 2.24) is 15.6 Å². The van der Waals surface area contributed by atoms with Crippen LogP contribution in [0.1, 0.15) is 22.4 Å². The SMILES string of the molecule is CN=C(NCc1ncc(-c2ccc(C)cc2)o1)NCC(O)c1cc2ccccc2s1.I. The van der Waals surface area contributed by atoms with Gasteiger partial charge in [0, 0.05) is 28.7 Å².